The maximum Gasteiger partial charge on any atom is 0.318 e. The van der Waals surface area contributed by atoms with Crippen molar-refractivity contribution in [1.82, 2.24) is 4.90 Å². The molecule has 1 rings (SSSR count). The van der Waals surface area contributed by atoms with Gasteiger partial charge in [0.2, 0.25) is 5.91 Å². The Hall–Kier alpha value is -0.360. The maximum atomic E-state index is 12.8. The summed E-state index contributed by atoms with van der Waals surface area (Å²) < 4.78 is -0.231. The third-order valence-corrected chi connectivity index (χ3v) is 6.41. The van der Waals surface area contributed by atoms with E-state index in [4.69, 9.17) is 0 Å². The van der Waals surface area contributed by atoms with Gasteiger partial charge in [-0.05, 0) is 25.7 Å². The molecule has 0 aromatic carbocycles. The largest absolute Gasteiger partial charge is 0.480 e. The van der Waals surface area contributed by atoms with E-state index in [1.807, 2.05) is 18.7 Å². The van der Waals surface area contributed by atoms with Gasteiger partial charge in [-0.25, -0.2) is 0 Å². The highest BCUT2D eigenvalue weighted by Gasteiger charge is 2.49. The van der Waals surface area contributed by atoms with Crippen molar-refractivity contribution in [3.05, 3.63) is 0 Å². The molecule has 0 aromatic heterocycles. The van der Waals surface area contributed by atoms with Crippen molar-refractivity contribution in [3.8, 4) is 0 Å². The van der Waals surface area contributed by atoms with Gasteiger partial charge in [0.15, 0.2) is 0 Å². The van der Waals surface area contributed by atoms with Crippen LogP contribution in [0.25, 0.3) is 0 Å². The Kier molecular flexibility index (Phi) is 6.47. The van der Waals surface area contributed by atoms with Crippen LogP contribution in [0.4, 0.5) is 0 Å². The van der Waals surface area contributed by atoms with Gasteiger partial charge in [-0.1, -0.05) is 27.7 Å². The zero-order valence-corrected chi connectivity index (χ0v) is 15.4. The van der Waals surface area contributed by atoms with Crippen LogP contribution in [0.3, 0.4) is 0 Å². The molecular weight excluding hydrogens is 306 g/mol. The fraction of sp³-hybridized carbons (Fsp3) is 0.867. The van der Waals surface area contributed by atoms with Crippen molar-refractivity contribution in [2.45, 2.75) is 56.1 Å². The Morgan fingerprint density at radius 2 is 1.48 bits per heavy atom. The van der Waals surface area contributed by atoms with Crippen LogP contribution in [0.15, 0.2) is 0 Å². The van der Waals surface area contributed by atoms with E-state index >= 15 is 0 Å². The van der Waals surface area contributed by atoms with Gasteiger partial charge in [0.25, 0.3) is 0 Å². The standard InChI is InChI=1S/C15H27NO3S2/c1-9(2)7-16(8-10(3)4)13(17)11-12(14(18)19)21-15(5,6)20-11/h9-12H,7-8H2,1-6H3,(H,18,19). The van der Waals surface area contributed by atoms with Gasteiger partial charge in [0, 0.05) is 13.1 Å². The molecule has 1 heterocycles. The molecule has 0 radical (unpaired) electrons. The number of carboxylic acid groups (broad SMARTS) is 1. The highest BCUT2D eigenvalue weighted by Crippen LogP contribution is 2.52. The quantitative estimate of drug-likeness (QED) is 0.809. The summed E-state index contributed by atoms with van der Waals surface area (Å²) in [5.74, 6) is -0.149. The molecule has 2 unspecified atom stereocenters. The number of nitrogens with zero attached hydrogens (tertiary/aromatic N) is 1. The van der Waals surface area contributed by atoms with Gasteiger partial charge in [-0.3, -0.25) is 9.59 Å². The molecule has 1 saturated heterocycles. The molecule has 1 N–H and O–H groups in total. The topological polar surface area (TPSA) is 57.6 Å². The second-order valence-corrected chi connectivity index (χ2v) is 10.6. The van der Waals surface area contributed by atoms with E-state index in [-0.39, 0.29) is 9.99 Å². The zero-order valence-electron chi connectivity index (χ0n) is 13.8. The highest BCUT2D eigenvalue weighted by molar-refractivity contribution is 8.22. The summed E-state index contributed by atoms with van der Waals surface area (Å²) in [4.78, 5) is 26.2. The van der Waals surface area contributed by atoms with Gasteiger partial charge in [0.1, 0.15) is 10.5 Å². The van der Waals surface area contributed by atoms with Crippen molar-refractivity contribution in [1.29, 1.82) is 0 Å². The van der Waals surface area contributed by atoms with Crippen molar-refractivity contribution in [3.63, 3.8) is 0 Å². The smallest absolute Gasteiger partial charge is 0.318 e. The molecule has 21 heavy (non-hydrogen) atoms. The van der Waals surface area contributed by atoms with Crippen LogP contribution in [0.2, 0.25) is 0 Å². The van der Waals surface area contributed by atoms with Crippen LogP contribution in [0.5, 0.6) is 0 Å². The van der Waals surface area contributed by atoms with E-state index in [2.05, 4.69) is 27.7 Å². The summed E-state index contributed by atoms with van der Waals surface area (Å²) in [5, 5.41) is 8.27. The first-order chi connectivity index (χ1) is 9.53. The van der Waals surface area contributed by atoms with E-state index in [0.717, 1.165) is 0 Å². The molecule has 1 amide bonds. The summed E-state index contributed by atoms with van der Waals surface area (Å²) >= 11 is 2.87. The fourth-order valence-corrected chi connectivity index (χ4v) is 5.67. The first-order valence-corrected chi connectivity index (χ1v) is 9.16. The predicted molar refractivity (Wildman–Crippen MR) is 90.7 cm³/mol. The third-order valence-electron chi connectivity index (χ3n) is 3.07. The number of amides is 1. The van der Waals surface area contributed by atoms with Crippen molar-refractivity contribution in [2.24, 2.45) is 11.8 Å². The van der Waals surface area contributed by atoms with Gasteiger partial charge in [-0.2, -0.15) is 0 Å². The Morgan fingerprint density at radius 1 is 1.05 bits per heavy atom. The minimum absolute atomic E-state index is 0.0205. The molecule has 122 valence electrons. The molecule has 0 bridgehead atoms. The van der Waals surface area contributed by atoms with Crippen molar-refractivity contribution < 1.29 is 14.7 Å². The second kappa shape index (κ2) is 7.27. The lowest BCUT2D eigenvalue weighted by molar-refractivity contribution is -0.140. The normalized spacial score (nSPS) is 24.6. The monoisotopic (exact) mass is 333 g/mol. The number of carboxylic acids is 1. The number of thioether (sulfide) groups is 2. The van der Waals surface area contributed by atoms with E-state index in [1.165, 1.54) is 23.5 Å². The van der Waals surface area contributed by atoms with Crippen molar-refractivity contribution >= 4 is 35.4 Å². The lowest BCUT2D eigenvalue weighted by atomic mass is 10.1. The van der Waals surface area contributed by atoms with E-state index in [0.29, 0.717) is 24.9 Å². The molecule has 2 atom stereocenters. The first kappa shape index (κ1) is 18.7. The molecule has 0 aliphatic carbocycles. The van der Waals surface area contributed by atoms with E-state index in [1.54, 1.807) is 0 Å². The highest BCUT2D eigenvalue weighted by atomic mass is 32.2. The zero-order chi connectivity index (χ0) is 16.4. The average Bonchev–Trinajstić information content (AvgIpc) is 2.62. The van der Waals surface area contributed by atoms with Gasteiger partial charge < -0.3 is 10.0 Å². The molecule has 1 aliphatic heterocycles. The Balaban J connectivity index is 2.92. The van der Waals surface area contributed by atoms with Crippen LogP contribution >= 0.6 is 23.5 Å². The first-order valence-electron chi connectivity index (χ1n) is 7.40. The minimum Gasteiger partial charge on any atom is -0.480 e. The molecule has 0 saturated carbocycles. The minimum atomic E-state index is -0.884. The molecule has 6 heteroatoms. The van der Waals surface area contributed by atoms with Crippen LogP contribution < -0.4 is 0 Å². The molecule has 1 fully saturated rings. The maximum absolute atomic E-state index is 12.8. The summed E-state index contributed by atoms with van der Waals surface area (Å²) in [6, 6.07) is 0. The molecule has 0 spiro atoms. The van der Waals surface area contributed by atoms with Crippen LogP contribution in [-0.2, 0) is 9.59 Å². The Bertz CT molecular complexity index is 386. The third kappa shape index (κ3) is 5.40. The number of rotatable bonds is 6. The SMILES string of the molecule is CC(C)CN(CC(C)C)C(=O)C1SC(C)(C)SC1C(=O)O. The van der Waals surface area contributed by atoms with E-state index in [9.17, 15) is 14.7 Å². The summed E-state index contributed by atoms with van der Waals surface area (Å²) in [6.45, 7) is 13.7. The molecule has 4 nitrogen and oxygen atoms in total. The number of aliphatic carboxylic acids is 1. The molecule has 0 aromatic rings. The summed E-state index contributed by atoms with van der Waals surface area (Å²) in [7, 11) is 0. The van der Waals surface area contributed by atoms with Gasteiger partial charge >= 0.3 is 5.97 Å². The number of carbonyl (C=O) groups is 2. The Morgan fingerprint density at radius 3 is 1.86 bits per heavy atom. The Labute approximate surface area is 136 Å². The van der Waals surface area contributed by atoms with Crippen LogP contribution in [-0.4, -0.2) is 49.6 Å². The molecule has 1 aliphatic rings. The average molecular weight is 334 g/mol. The second-order valence-electron chi connectivity index (χ2n) is 6.85. The lowest BCUT2D eigenvalue weighted by Gasteiger charge is -2.29. The number of carbonyl (C=O) groups excluding carboxylic acids is 1. The van der Waals surface area contributed by atoms with Crippen molar-refractivity contribution in [2.75, 3.05) is 13.1 Å². The number of hydrogen-bond acceptors (Lipinski definition) is 4. The van der Waals surface area contributed by atoms with Crippen LogP contribution in [0.1, 0.15) is 41.5 Å². The summed E-state index contributed by atoms with van der Waals surface area (Å²) in [5.41, 5.74) is 0. The fourth-order valence-electron chi connectivity index (χ4n) is 2.44. The molecular formula is C15H27NO3S2. The van der Waals surface area contributed by atoms with Gasteiger partial charge in [0.05, 0.1) is 4.08 Å². The summed E-state index contributed by atoms with van der Waals surface area (Å²) in [6.07, 6.45) is 0. The number of hydrogen-bond donors (Lipinski definition) is 1. The predicted octanol–water partition coefficient (Wildman–Crippen LogP) is 3.16. The van der Waals surface area contributed by atoms with E-state index < -0.39 is 16.5 Å². The van der Waals surface area contributed by atoms with Gasteiger partial charge in [-0.15, -0.1) is 23.5 Å². The van der Waals surface area contributed by atoms with Crippen LogP contribution in [0, 0.1) is 11.8 Å². The lowest BCUT2D eigenvalue weighted by Crippen LogP contribution is -2.45.